The summed E-state index contributed by atoms with van der Waals surface area (Å²) < 4.78 is 22.8. The van der Waals surface area contributed by atoms with Crippen LogP contribution in [0.1, 0.15) is 21.6 Å². The molecule has 5 rings (SSSR count). The maximum Gasteiger partial charge on any atom is 0.254 e. The molecule has 0 radical (unpaired) electrons. The van der Waals surface area contributed by atoms with Crippen molar-refractivity contribution in [1.29, 1.82) is 0 Å². The molecule has 1 aliphatic heterocycles. The van der Waals surface area contributed by atoms with Crippen LogP contribution >= 0.6 is 0 Å². The van der Waals surface area contributed by atoms with Crippen molar-refractivity contribution in [2.45, 2.75) is 13.0 Å². The average molecular weight is 473 g/mol. The summed E-state index contributed by atoms with van der Waals surface area (Å²) >= 11 is 0. The molecule has 4 aromatic rings. The van der Waals surface area contributed by atoms with Gasteiger partial charge in [0.15, 0.2) is 11.5 Å². The maximum absolute atomic E-state index is 13.4. The van der Waals surface area contributed by atoms with Crippen molar-refractivity contribution < 1.29 is 23.4 Å². The van der Waals surface area contributed by atoms with E-state index in [4.69, 9.17) is 18.6 Å². The molecule has 1 amide bonds. The fraction of sp³-hybridized carbons (Fsp3) is 0.286. The summed E-state index contributed by atoms with van der Waals surface area (Å²) in [6.45, 7) is 2.62. The Hall–Kier alpha value is -3.84. The third kappa shape index (κ3) is 5.46. The van der Waals surface area contributed by atoms with Crippen LogP contribution < -0.4 is 9.47 Å². The van der Waals surface area contributed by atoms with Crippen LogP contribution in [0.3, 0.4) is 0 Å². The molecule has 1 atom stereocenters. The lowest BCUT2D eigenvalue weighted by molar-refractivity contribution is 0.0737. The van der Waals surface area contributed by atoms with E-state index in [0.717, 1.165) is 23.1 Å². The minimum atomic E-state index is -0.0448. The van der Waals surface area contributed by atoms with E-state index in [1.807, 2.05) is 29.2 Å². The summed E-state index contributed by atoms with van der Waals surface area (Å²) in [6.07, 6.45) is 4.24. The van der Waals surface area contributed by atoms with Crippen molar-refractivity contribution in [2.24, 2.45) is 5.92 Å². The molecule has 2 aromatic heterocycles. The van der Waals surface area contributed by atoms with Gasteiger partial charge in [-0.3, -0.25) is 9.78 Å². The smallest absolute Gasteiger partial charge is 0.254 e. The standard InChI is InChI=1S/C28H28N2O5/c1-32-27-16-23(7-8-25(27)35-19-24-4-2-3-10-29-24)28(31)30-11-13-33-18-21(17-30)14-20-5-6-22-9-12-34-26(22)15-20/h2-10,12,15-16,21H,11,13-14,17-19H2,1H3. The number of carbonyl (C=O) groups is 1. The highest BCUT2D eigenvalue weighted by Gasteiger charge is 2.25. The molecule has 1 aliphatic rings. The SMILES string of the molecule is COc1cc(C(=O)N2CCOCC(Cc3ccc4ccoc4c3)C2)ccc1OCc1ccccn1. The number of carbonyl (C=O) groups excluding carboxylic acids is 1. The molecular formula is C28H28N2O5. The predicted octanol–water partition coefficient (Wildman–Crippen LogP) is 4.75. The van der Waals surface area contributed by atoms with Crippen LogP contribution in [0.2, 0.25) is 0 Å². The molecule has 7 nitrogen and oxygen atoms in total. The monoisotopic (exact) mass is 472 g/mol. The Kier molecular flexibility index (Phi) is 6.95. The highest BCUT2D eigenvalue weighted by Crippen LogP contribution is 2.30. The van der Waals surface area contributed by atoms with Crippen LogP contribution in [0, 0.1) is 5.92 Å². The van der Waals surface area contributed by atoms with Gasteiger partial charge in [0.1, 0.15) is 12.2 Å². The number of benzene rings is 2. The van der Waals surface area contributed by atoms with Crippen LogP contribution in [0.15, 0.2) is 77.5 Å². The van der Waals surface area contributed by atoms with E-state index in [0.29, 0.717) is 50.0 Å². The number of ether oxygens (including phenoxy) is 3. The summed E-state index contributed by atoms with van der Waals surface area (Å²) in [6, 6.07) is 19.2. The van der Waals surface area contributed by atoms with E-state index < -0.39 is 0 Å². The highest BCUT2D eigenvalue weighted by atomic mass is 16.5. The van der Waals surface area contributed by atoms with E-state index in [-0.39, 0.29) is 11.8 Å². The van der Waals surface area contributed by atoms with E-state index >= 15 is 0 Å². The number of hydrogen-bond donors (Lipinski definition) is 0. The quantitative estimate of drug-likeness (QED) is 0.387. The summed E-state index contributed by atoms with van der Waals surface area (Å²) in [5, 5.41) is 1.09. The zero-order chi connectivity index (χ0) is 24.0. The number of aromatic nitrogens is 1. The first-order chi connectivity index (χ1) is 17.2. The van der Waals surface area contributed by atoms with Crippen molar-refractivity contribution in [1.82, 2.24) is 9.88 Å². The zero-order valence-corrected chi connectivity index (χ0v) is 19.7. The van der Waals surface area contributed by atoms with Crippen LogP contribution in [0.25, 0.3) is 11.0 Å². The Labute approximate surface area is 204 Å². The third-order valence-corrected chi connectivity index (χ3v) is 6.18. The van der Waals surface area contributed by atoms with Crippen molar-refractivity contribution in [3.63, 3.8) is 0 Å². The Bertz CT molecular complexity index is 1290. The number of furan rings is 1. The van der Waals surface area contributed by atoms with Crippen molar-refractivity contribution in [2.75, 3.05) is 33.4 Å². The van der Waals surface area contributed by atoms with E-state index in [1.54, 1.807) is 37.8 Å². The second-order valence-corrected chi connectivity index (χ2v) is 8.66. The molecule has 0 aliphatic carbocycles. The van der Waals surface area contributed by atoms with Crippen LogP contribution in [0.5, 0.6) is 11.5 Å². The lowest BCUT2D eigenvalue weighted by atomic mass is 9.98. The fourth-order valence-corrected chi connectivity index (χ4v) is 4.39. The average Bonchev–Trinajstić information content (AvgIpc) is 3.24. The Morgan fingerprint density at radius 2 is 2.06 bits per heavy atom. The molecule has 180 valence electrons. The van der Waals surface area contributed by atoms with Crippen molar-refractivity contribution >= 4 is 16.9 Å². The fourth-order valence-electron chi connectivity index (χ4n) is 4.39. The number of rotatable bonds is 7. The van der Waals surface area contributed by atoms with Gasteiger partial charge in [0.25, 0.3) is 5.91 Å². The number of hydrogen-bond acceptors (Lipinski definition) is 6. The predicted molar refractivity (Wildman–Crippen MR) is 132 cm³/mol. The zero-order valence-electron chi connectivity index (χ0n) is 19.7. The van der Waals surface area contributed by atoms with Crippen LogP contribution in [-0.2, 0) is 17.8 Å². The first-order valence-corrected chi connectivity index (χ1v) is 11.7. The van der Waals surface area contributed by atoms with Crippen molar-refractivity contribution in [3.05, 3.63) is 89.9 Å². The Morgan fingerprint density at radius 1 is 1.11 bits per heavy atom. The van der Waals surface area contributed by atoms with E-state index in [2.05, 4.69) is 23.2 Å². The third-order valence-electron chi connectivity index (χ3n) is 6.18. The molecule has 1 saturated heterocycles. The molecule has 0 N–H and O–H groups in total. The van der Waals surface area contributed by atoms with Gasteiger partial charge in [0.05, 0.1) is 32.3 Å². The van der Waals surface area contributed by atoms with Crippen molar-refractivity contribution in [3.8, 4) is 11.5 Å². The molecule has 1 fully saturated rings. The normalized spacial score (nSPS) is 16.1. The molecule has 7 heteroatoms. The van der Waals surface area contributed by atoms with Crippen LogP contribution in [-0.4, -0.2) is 49.2 Å². The molecule has 35 heavy (non-hydrogen) atoms. The van der Waals surface area contributed by atoms with Gasteiger partial charge in [-0.1, -0.05) is 18.2 Å². The molecule has 0 bridgehead atoms. The van der Waals surface area contributed by atoms with Gasteiger partial charge in [-0.2, -0.15) is 0 Å². The number of methoxy groups -OCH3 is 1. The second-order valence-electron chi connectivity index (χ2n) is 8.66. The maximum atomic E-state index is 13.4. The summed E-state index contributed by atoms with van der Waals surface area (Å²) in [5.41, 5.74) is 3.43. The highest BCUT2D eigenvalue weighted by molar-refractivity contribution is 5.95. The van der Waals surface area contributed by atoms with Gasteiger partial charge in [-0.25, -0.2) is 0 Å². The summed E-state index contributed by atoms with van der Waals surface area (Å²) in [4.78, 5) is 19.5. The molecule has 2 aromatic carbocycles. The number of fused-ring (bicyclic) bond motifs is 1. The Balaban J connectivity index is 1.27. The lowest BCUT2D eigenvalue weighted by Gasteiger charge is -2.24. The lowest BCUT2D eigenvalue weighted by Crippen LogP contribution is -2.36. The number of amides is 1. The Morgan fingerprint density at radius 3 is 2.91 bits per heavy atom. The topological polar surface area (TPSA) is 74.0 Å². The molecular weight excluding hydrogens is 444 g/mol. The van der Waals surface area contributed by atoms with E-state index in [1.165, 1.54) is 5.56 Å². The molecule has 3 heterocycles. The minimum Gasteiger partial charge on any atom is -0.493 e. The van der Waals surface area contributed by atoms with Gasteiger partial charge >= 0.3 is 0 Å². The van der Waals surface area contributed by atoms with Gasteiger partial charge in [0, 0.05) is 36.2 Å². The minimum absolute atomic E-state index is 0.0448. The molecule has 0 saturated carbocycles. The summed E-state index contributed by atoms with van der Waals surface area (Å²) in [5.74, 6) is 1.23. The first kappa shape index (κ1) is 22.9. The van der Waals surface area contributed by atoms with Gasteiger partial charge in [0.2, 0.25) is 0 Å². The molecule has 1 unspecified atom stereocenters. The largest absolute Gasteiger partial charge is 0.493 e. The van der Waals surface area contributed by atoms with Crippen LogP contribution in [0.4, 0.5) is 0 Å². The molecule has 0 spiro atoms. The van der Waals surface area contributed by atoms with Gasteiger partial charge in [-0.05, 0) is 54.4 Å². The second kappa shape index (κ2) is 10.6. The van der Waals surface area contributed by atoms with Gasteiger partial charge < -0.3 is 23.5 Å². The first-order valence-electron chi connectivity index (χ1n) is 11.7. The van der Waals surface area contributed by atoms with E-state index in [9.17, 15) is 4.79 Å². The summed E-state index contributed by atoms with van der Waals surface area (Å²) in [7, 11) is 1.57. The number of nitrogens with zero attached hydrogens (tertiary/aromatic N) is 2. The number of pyridine rings is 1. The van der Waals surface area contributed by atoms with Gasteiger partial charge in [-0.15, -0.1) is 0 Å².